The van der Waals surface area contributed by atoms with Crippen molar-refractivity contribution in [2.45, 2.75) is 32.6 Å². The minimum atomic E-state index is 0.0762. The van der Waals surface area contributed by atoms with Gasteiger partial charge in [0.05, 0.1) is 6.54 Å². The van der Waals surface area contributed by atoms with Crippen molar-refractivity contribution in [1.29, 1.82) is 0 Å². The highest BCUT2D eigenvalue weighted by atomic mass is 16.2. The summed E-state index contributed by atoms with van der Waals surface area (Å²) >= 11 is 0. The normalized spacial score (nSPS) is 16.2. The molecule has 0 bridgehead atoms. The number of aliphatic hydroxyl groups is 1. The molecule has 2 N–H and O–H groups in total. The lowest BCUT2D eigenvalue weighted by Gasteiger charge is -2.34. The lowest BCUT2D eigenvalue weighted by Crippen LogP contribution is -2.48. The molecule has 1 aliphatic heterocycles. The number of unbranched alkanes of at least 4 members (excludes halogenated alkanes) is 2. The van der Waals surface area contributed by atoms with Crippen molar-refractivity contribution in [3.63, 3.8) is 0 Å². The van der Waals surface area contributed by atoms with Gasteiger partial charge in [-0.3, -0.25) is 9.69 Å². The summed E-state index contributed by atoms with van der Waals surface area (Å²) in [4.78, 5) is 17.0. The molecule has 0 aromatic heterocycles. The predicted octanol–water partition coefficient (Wildman–Crippen LogP) is 1.97. The van der Waals surface area contributed by atoms with Crippen molar-refractivity contribution in [2.75, 3.05) is 51.2 Å². The molecule has 0 radical (unpaired) electrons. The molecule has 1 amide bonds. The maximum Gasteiger partial charge on any atom is 0.238 e. The van der Waals surface area contributed by atoms with Gasteiger partial charge >= 0.3 is 0 Å². The van der Waals surface area contributed by atoms with E-state index in [4.69, 9.17) is 5.11 Å². The van der Waals surface area contributed by atoms with E-state index >= 15 is 0 Å². The third-order valence-corrected chi connectivity index (χ3v) is 4.64. The number of piperazine rings is 1. The summed E-state index contributed by atoms with van der Waals surface area (Å²) in [5.74, 6) is 0.0762. The van der Waals surface area contributed by atoms with Gasteiger partial charge in [-0.15, -0.1) is 0 Å². The third-order valence-electron chi connectivity index (χ3n) is 4.64. The first-order valence-electron chi connectivity index (χ1n) is 9.16. The number of para-hydroxylation sites is 1. The van der Waals surface area contributed by atoms with Gasteiger partial charge < -0.3 is 15.3 Å². The second-order valence-electron chi connectivity index (χ2n) is 6.46. The molecule has 1 aromatic rings. The van der Waals surface area contributed by atoms with E-state index in [0.29, 0.717) is 13.2 Å². The largest absolute Gasteiger partial charge is 0.396 e. The Morgan fingerprint density at radius 3 is 2.50 bits per heavy atom. The van der Waals surface area contributed by atoms with Crippen molar-refractivity contribution in [3.8, 4) is 0 Å². The molecule has 0 spiro atoms. The van der Waals surface area contributed by atoms with Crippen molar-refractivity contribution in [3.05, 3.63) is 29.8 Å². The van der Waals surface area contributed by atoms with Crippen LogP contribution in [0.15, 0.2) is 24.3 Å². The molecule has 1 aliphatic rings. The number of nitrogens with one attached hydrogen (secondary N) is 1. The SMILES string of the molecule is CCc1ccccc1NC(=O)CN1CCN(CCCCCO)CC1. The fourth-order valence-corrected chi connectivity index (χ4v) is 3.14. The van der Waals surface area contributed by atoms with Crippen LogP contribution in [-0.4, -0.2) is 66.7 Å². The van der Waals surface area contributed by atoms with Crippen molar-refractivity contribution < 1.29 is 9.90 Å². The Bertz CT molecular complexity index is 499. The Morgan fingerprint density at radius 2 is 1.79 bits per heavy atom. The summed E-state index contributed by atoms with van der Waals surface area (Å²) in [5.41, 5.74) is 2.12. The van der Waals surface area contributed by atoms with Crippen LogP contribution >= 0.6 is 0 Å². The minimum absolute atomic E-state index is 0.0762. The highest BCUT2D eigenvalue weighted by molar-refractivity contribution is 5.93. The Balaban J connectivity index is 1.68. The zero-order valence-electron chi connectivity index (χ0n) is 14.8. The Labute approximate surface area is 145 Å². The van der Waals surface area contributed by atoms with E-state index in [1.165, 1.54) is 5.56 Å². The molecule has 0 saturated carbocycles. The molecular weight excluding hydrogens is 302 g/mol. The van der Waals surface area contributed by atoms with E-state index < -0.39 is 0 Å². The first-order valence-corrected chi connectivity index (χ1v) is 9.16. The number of carbonyl (C=O) groups is 1. The average Bonchev–Trinajstić information content (AvgIpc) is 2.60. The number of carbonyl (C=O) groups excluding carboxylic acids is 1. The van der Waals surface area contributed by atoms with E-state index in [9.17, 15) is 4.79 Å². The maximum atomic E-state index is 12.3. The van der Waals surface area contributed by atoms with E-state index in [0.717, 1.165) is 64.1 Å². The van der Waals surface area contributed by atoms with Crippen LogP contribution in [-0.2, 0) is 11.2 Å². The Kier molecular flexibility index (Phi) is 8.22. The van der Waals surface area contributed by atoms with Gasteiger partial charge in [-0.25, -0.2) is 0 Å². The van der Waals surface area contributed by atoms with Crippen LogP contribution in [0, 0.1) is 0 Å². The Hall–Kier alpha value is -1.43. The number of anilines is 1. The van der Waals surface area contributed by atoms with Crippen LogP contribution in [0.4, 0.5) is 5.69 Å². The van der Waals surface area contributed by atoms with Gasteiger partial charge in [0.15, 0.2) is 0 Å². The topological polar surface area (TPSA) is 55.8 Å². The lowest BCUT2D eigenvalue weighted by molar-refractivity contribution is -0.117. The number of hydrogen-bond donors (Lipinski definition) is 2. The van der Waals surface area contributed by atoms with Crippen LogP contribution in [0.2, 0.25) is 0 Å². The predicted molar refractivity (Wildman–Crippen MR) is 98.3 cm³/mol. The Morgan fingerprint density at radius 1 is 1.08 bits per heavy atom. The van der Waals surface area contributed by atoms with E-state index in [2.05, 4.69) is 28.1 Å². The molecular formula is C19H31N3O2. The second-order valence-corrected chi connectivity index (χ2v) is 6.46. The van der Waals surface area contributed by atoms with Gasteiger partial charge in [0, 0.05) is 38.5 Å². The van der Waals surface area contributed by atoms with Crippen LogP contribution in [0.3, 0.4) is 0 Å². The lowest BCUT2D eigenvalue weighted by atomic mass is 10.1. The van der Waals surface area contributed by atoms with Crippen LogP contribution < -0.4 is 5.32 Å². The molecule has 24 heavy (non-hydrogen) atoms. The van der Waals surface area contributed by atoms with Crippen LogP contribution in [0.25, 0.3) is 0 Å². The van der Waals surface area contributed by atoms with E-state index in [1.54, 1.807) is 0 Å². The molecule has 5 heteroatoms. The van der Waals surface area contributed by atoms with Crippen LogP contribution in [0.5, 0.6) is 0 Å². The minimum Gasteiger partial charge on any atom is -0.396 e. The smallest absolute Gasteiger partial charge is 0.238 e. The molecule has 1 aromatic carbocycles. The highest BCUT2D eigenvalue weighted by Crippen LogP contribution is 2.15. The molecule has 2 rings (SSSR count). The number of aliphatic hydroxyl groups excluding tert-OH is 1. The molecule has 0 aliphatic carbocycles. The number of hydrogen-bond acceptors (Lipinski definition) is 4. The highest BCUT2D eigenvalue weighted by Gasteiger charge is 2.18. The number of amides is 1. The van der Waals surface area contributed by atoms with E-state index in [1.807, 2.05) is 18.2 Å². The molecule has 1 fully saturated rings. The van der Waals surface area contributed by atoms with Gasteiger partial charge in [0.25, 0.3) is 0 Å². The summed E-state index contributed by atoms with van der Waals surface area (Å²) in [5, 5.41) is 11.9. The first-order chi connectivity index (χ1) is 11.7. The maximum absolute atomic E-state index is 12.3. The van der Waals surface area contributed by atoms with E-state index in [-0.39, 0.29) is 5.91 Å². The molecule has 134 valence electrons. The summed E-state index contributed by atoms with van der Waals surface area (Å²) < 4.78 is 0. The quantitative estimate of drug-likeness (QED) is 0.679. The summed E-state index contributed by atoms with van der Waals surface area (Å²) in [6.45, 7) is 7.91. The number of nitrogens with zero attached hydrogens (tertiary/aromatic N) is 2. The monoisotopic (exact) mass is 333 g/mol. The number of aryl methyl sites for hydroxylation is 1. The van der Waals surface area contributed by atoms with Gasteiger partial charge in [0.2, 0.25) is 5.91 Å². The summed E-state index contributed by atoms with van der Waals surface area (Å²) in [6, 6.07) is 8.00. The van der Waals surface area contributed by atoms with Crippen LogP contribution in [0.1, 0.15) is 31.7 Å². The van der Waals surface area contributed by atoms with Crippen molar-refractivity contribution in [2.24, 2.45) is 0 Å². The summed E-state index contributed by atoms with van der Waals surface area (Å²) in [6.07, 6.45) is 4.07. The average molecular weight is 333 g/mol. The molecule has 0 atom stereocenters. The third kappa shape index (κ3) is 6.23. The number of rotatable bonds is 9. The van der Waals surface area contributed by atoms with Gasteiger partial charge in [-0.2, -0.15) is 0 Å². The summed E-state index contributed by atoms with van der Waals surface area (Å²) in [7, 11) is 0. The van der Waals surface area contributed by atoms with Crippen molar-refractivity contribution in [1.82, 2.24) is 9.80 Å². The molecule has 1 saturated heterocycles. The fraction of sp³-hybridized carbons (Fsp3) is 0.632. The van der Waals surface area contributed by atoms with Gasteiger partial charge in [-0.1, -0.05) is 25.1 Å². The zero-order valence-corrected chi connectivity index (χ0v) is 14.8. The molecule has 0 unspecified atom stereocenters. The fourth-order valence-electron chi connectivity index (χ4n) is 3.14. The second kappa shape index (κ2) is 10.4. The first kappa shape index (κ1) is 18.9. The standard InChI is InChI=1S/C19H31N3O2/c1-2-17-8-4-5-9-18(17)20-19(24)16-22-13-11-21(12-14-22)10-6-3-7-15-23/h4-5,8-9,23H,2-3,6-7,10-16H2,1H3,(H,20,24). The molecule has 5 nitrogen and oxygen atoms in total. The molecule has 1 heterocycles. The van der Waals surface area contributed by atoms with Gasteiger partial charge in [0.1, 0.15) is 0 Å². The zero-order chi connectivity index (χ0) is 17.2. The van der Waals surface area contributed by atoms with Gasteiger partial charge in [-0.05, 0) is 43.9 Å². The van der Waals surface area contributed by atoms with Crippen molar-refractivity contribution >= 4 is 11.6 Å². The number of benzene rings is 1.